The zero-order chi connectivity index (χ0) is 22.9. The number of nitrogens with one attached hydrogen (secondary N) is 1. The van der Waals surface area contributed by atoms with Gasteiger partial charge in [-0.05, 0) is 49.4 Å². The molecule has 0 aliphatic carbocycles. The van der Waals surface area contributed by atoms with E-state index in [1.807, 2.05) is 0 Å². The van der Waals surface area contributed by atoms with E-state index in [-0.39, 0.29) is 28.8 Å². The summed E-state index contributed by atoms with van der Waals surface area (Å²) in [5.74, 6) is -0.0455. The first-order valence-electron chi connectivity index (χ1n) is 9.70. The molecule has 0 bridgehead atoms. The molecule has 1 aliphatic rings. The Morgan fingerprint density at radius 3 is 2.53 bits per heavy atom. The monoisotopic (exact) mass is 453 g/mol. The number of fused-ring (bicyclic) bond motifs is 1. The number of amides is 1. The molecule has 32 heavy (non-hydrogen) atoms. The number of nitro benzene ring substituents is 1. The summed E-state index contributed by atoms with van der Waals surface area (Å²) < 4.78 is 33.6. The molecule has 3 aromatic rings. The lowest BCUT2D eigenvalue weighted by molar-refractivity contribution is -0.384. The van der Waals surface area contributed by atoms with Gasteiger partial charge in [0.15, 0.2) is 0 Å². The molecule has 1 amide bonds. The predicted octanol–water partition coefficient (Wildman–Crippen LogP) is 3.82. The highest BCUT2D eigenvalue weighted by molar-refractivity contribution is 7.92. The molecule has 0 saturated carbocycles. The highest BCUT2D eigenvalue weighted by Crippen LogP contribution is 2.36. The largest absolute Gasteiger partial charge is 0.487 e. The predicted molar refractivity (Wildman–Crippen MR) is 119 cm³/mol. The number of carbonyl (C=O) groups excluding carboxylic acids is 1. The minimum Gasteiger partial charge on any atom is -0.487 e. The average molecular weight is 453 g/mol. The van der Waals surface area contributed by atoms with Crippen LogP contribution in [-0.4, -0.2) is 31.9 Å². The highest BCUT2D eigenvalue weighted by Gasteiger charge is 2.32. The van der Waals surface area contributed by atoms with Gasteiger partial charge in [-0.3, -0.25) is 19.2 Å². The molecule has 0 saturated heterocycles. The number of benzene rings is 3. The molecule has 1 heterocycles. The van der Waals surface area contributed by atoms with E-state index in [1.54, 1.807) is 31.2 Å². The number of hydrogen-bond acceptors (Lipinski definition) is 6. The molecule has 3 aromatic carbocycles. The van der Waals surface area contributed by atoms with Crippen LogP contribution in [0.2, 0.25) is 0 Å². The Labute approximate surface area is 184 Å². The fraction of sp³-hybridized carbons (Fsp3) is 0.136. The molecule has 9 nitrogen and oxygen atoms in total. The second-order valence-corrected chi connectivity index (χ2v) is 9.08. The van der Waals surface area contributed by atoms with Crippen molar-refractivity contribution in [3.63, 3.8) is 0 Å². The Kier molecular flexibility index (Phi) is 5.54. The third-order valence-electron chi connectivity index (χ3n) is 4.90. The molecule has 0 fully saturated rings. The zero-order valence-electron chi connectivity index (χ0n) is 17.0. The zero-order valence-corrected chi connectivity index (χ0v) is 17.8. The Morgan fingerprint density at radius 1 is 1.09 bits per heavy atom. The lowest BCUT2D eigenvalue weighted by Gasteiger charge is -2.34. The number of anilines is 2. The fourth-order valence-electron chi connectivity index (χ4n) is 3.38. The number of nitrogens with zero attached hydrogens (tertiary/aromatic N) is 2. The minimum absolute atomic E-state index is 0.0646. The maximum Gasteiger partial charge on any atom is 0.270 e. The van der Waals surface area contributed by atoms with Crippen LogP contribution in [0.4, 0.5) is 17.1 Å². The van der Waals surface area contributed by atoms with Crippen molar-refractivity contribution >= 4 is 33.0 Å². The summed E-state index contributed by atoms with van der Waals surface area (Å²) in [4.78, 5) is 22.8. The molecule has 1 aliphatic heterocycles. The van der Waals surface area contributed by atoms with Crippen LogP contribution in [0.1, 0.15) is 17.3 Å². The van der Waals surface area contributed by atoms with Crippen LogP contribution in [0.15, 0.2) is 77.7 Å². The number of rotatable bonds is 5. The first-order valence-corrected chi connectivity index (χ1v) is 11.1. The first-order chi connectivity index (χ1) is 15.3. The van der Waals surface area contributed by atoms with Gasteiger partial charge in [-0.1, -0.05) is 18.2 Å². The normalized spacial score (nSPS) is 15.4. The molecule has 10 heteroatoms. The third-order valence-corrected chi connectivity index (χ3v) is 6.70. The van der Waals surface area contributed by atoms with E-state index in [0.29, 0.717) is 17.1 Å². The highest BCUT2D eigenvalue weighted by atomic mass is 32.2. The van der Waals surface area contributed by atoms with Crippen LogP contribution in [0, 0.1) is 10.1 Å². The summed E-state index contributed by atoms with van der Waals surface area (Å²) in [6.07, 6.45) is -0.312. The molecular weight excluding hydrogens is 434 g/mol. The number of sulfonamides is 1. The quantitative estimate of drug-likeness (QED) is 0.463. The first kappa shape index (κ1) is 21.3. The lowest BCUT2D eigenvalue weighted by Crippen LogP contribution is -2.42. The van der Waals surface area contributed by atoms with Gasteiger partial charge in [0.2, 0.25) is 0 Å². The second kappa shape index (κ2) is 8.31. The van der Waals surface area contributed by atoms with Crippen LogP contribution in [0.25, 0.3) is 0 Å². The topological polar surface area (TPSA) is 119 Å². The van der Waals surface area contributed by atoms with Crippen molar-refractivity contribution in [3.8, 4) is 5.75 Å². The summed E-state index contributed by atoms with van der Waals surface area (Å²) >= 11 is 0. The second-order valence-electron chi connectivity index (χ2n) is 7.22. The SMILES string of the molecule is C[C@H]1CN(S(=O)(=O)c2ccc(NC(=O)c3cccc([N+](=O)[O-])c3)cc2)c2ccccc2O1. The maximum atomic E-state index is 13.3. The van der Waals surface area contributed by atoms with Gasteiger partial charge in [0.25, 0.3) is 21.6 Å². The number of ether oxygens (including phenoxy) is 1. The smallest absolute Gasteiger partial charge is 0.270 e. The Balaban J connectivity index is 1.56. The van der Waals surface area contributed by atoms with Crippen LogP contribution < -0.4 is 14.4 Å². The number of para-hydroxylation sites is 2. The fourth-order valence-corrected chi connectivity index (χ4v) is 4.93. The third kappa shape index (κ3) is 4.12. The Morgan fingerprint density at radius 2 is 1.81 bits per heavy atom. The average Bonchev–Trinajstić information content (AvgIpc) is 2.79. The van der Waals surface area contributed by atoms with E-state index < -0.39 is 20.9 Å². The summed E-state index contributed by atoms with van der Waals surface area (Å²) in [6.45, 7) is 1.97. The van der Waals surface area contributed by atoms with Gasteiger partial charge in [0, 0.05) is 23.4 Å². The van der Waals surface area contributed by atoms with Crippen molar-refractivity contribution in [2.45, 2.75) is 17.9 Å². The van der Waals surface area contributed by atoms with E-state index in [0.717, 1.165) is 0 Å². The summed E-state index contributed by atoms with van der Waals surface area (Å²) in [7, 11) is -3.86. The van der Waals surface area contributed by atoms with Crippen molar-refractivity contribution in [1.29, 1.82) is 0 Å². The van der Waals surface area contributed by atoms with Crippen molar-refractivity contribution < 1.29 is 22.9 Å². The van der Waals surface area contributed by atoms with Gasteiger partial charge in [0.05, 0.1) is 22.1 Å². The summed E-state index contributed by atoms with van der Waals surface area (Å²) in [5.41, 5.74) is 0.749. The summed E-state index contributed by atoms with van der Waals surface area (Å²) in [5, 5.41) is 13.5. The van der Waals surface area contributed by atoms with Gasteiger partial charge in [-0.25, -0.2) is 8.42 Å². The molecule has 1 N–H and O–H groups in total. The van der Waals surface area contributed by atoms with Gasteiger partial charge >= 0.3 is 0 Å². The van der Waals surface area contributed by atoms with Crippen molar-refractivity contribution in [2.75, 3.05) is 16.2 Å². The van der Waals surface area contributed by atoms with Crippen molar-refractivity contribution in [2.24, 2.45) is 0 Å². The summed E-state index contributed by atoms with van der Waals surface area (Å²) in [6, 6.07) is 18.0. The van der Waals surface area contributed by atoms with Crippen LogP contribution in [-0.2, 0) is 10.0 Å². The number of hydrogen-bond donors (Lipinski definition) is 1. The van der Waals surface area contributed by atoms with Gasteiger partial charge in [-0.2, -0.15) is 0 Å². The number of nitro groups is 1. The van der Waals surface area contributed by atoms with E-state index >= 15 is 0 Å². The van der Waals surface area contributed by atoms with E-state index in [2.05, 4.69) is 5.32 Å². The van der Waals surface area contributed by atoms with Gasteiger partial charge in [-0.15, -0.1) is 0 Å². The Hall–Kier alpha value is -3.92. The molecule has 0 spiro atoms. The van der Waals surface area contributed by atoms with Gasteiger partial charge in [0.1, 0.15) is 11.9 Å². The van der Waals surface area contributed by atoms with Crippen LogP contribution in [0.3, 0.4) is 0 Å². The molecular formula is C22H19N3O6S. The van der Waals surface area contributed by atoms with E-state index in [4.69, 9.17) is 4.74 Å². The molecule has 0 aromatic heterocycles. The van der Waals surface area contributed by atoms with Crippen molar-refractivity contribution in [3.05, 3.63) is 88.5 Å². The number of non-ortho nitro benzene ring substituents is 1. The van der Waals surface area contributed by atoms with E-state index in [1.165, 1.54) is 52.8 Å². The molecule has 4 rings (SSSR count). The minimum atomic E-state index is -3.86. The Bertz CT molecular complexity index is 1290. The van der Waals surface area contributed by atoms with Crippen LogP contribution >= 0.6 is 0 Å². The number of carbonyl (C=O) groups is 1. The maximum absolute atomic E-state index is 13.3. The molecule has 0 radical (unpaired) electrons. The lowest BCUT2D eigenvalue weighted by atomic mass is 10.2. The molecule has 164 valence electrons. The van der Waals surface area contributed by atoms with Crippen molar-refractivity contribution in [1.82, 2.24) is 0 Å². The van der Waals surface area contributed by atoms with Crippen LogP contribution in [0.5, 0.6) is 5.75 Å². The van der Waals surface area contributed by atoms with Gasteiger partial charge < -0.3 is 10.1 Å². The molecule has 1 atom stereocenters. The molecule has 0 unspecified atom stereocenters. The standard InChI is InChI=1S/C22H19N3O6S/c1-15-14-24(20-7-2-3-8-21(20)31-15)32(29,30)19-11-9-17(10-12-19)23-22(26)16-5-4-6-18(13-16)25(27)28/h2-13,15H,14H2,1H3,(H,23,26)/t15-/m0/s1. The van der Waals surface area contributed by atoms with E-state index in [9.17, 15) is 23.3 Å².